The molecule has 2 aromatic rings. The number of nitrogens with one attached hydrogen (secondary N) is 1. The number of rotatable bonds is 6. The van der Waals surface area contributed by atoms with Crippen molar-refractivity contribution < 1.29 is 13.7 Å². The van der Waals surface area contributed by atoms with Crippen LogP contribution in [0.25, 0.3) is 11.4 Å². The number of hydrogen-bond donors (Lipinski definition) is 1. The molecule has 2 aliphatic carbocycles. The third-order valence-electron chi connectivity index (χ3n) is 7.49. The van der Waals surface area contributed by atoms with Crippen molar-refractivity contribution in [1.29, 1.82) is 0 Å². The summed E-state index contributed by atoms with van der Waals surface area (Å²) >= 11 is 0. The van der Waals surface area contributed by atoms with Gasteiger partial charge in [0.25, 0.3) is 0 Å². The molecule has 6 heteroatoms. The van der Waals surface area contributed by atoms with Crippen molar-refractivity contribution in [3.63, 3.8) is 0 Å². The number of aromatic nitrogens is 2. The van der Waals surface area contributed by atoms with E-state index in [9.17, 15) is 9.18 Å². The number of aryl methyl sites for hydroxylation is 1. The van der Waals surface area contributed by atoms with E-state index in [-0.39, 0.29) is 23.2 Å². The van der Waals surface area contributed by atoms with Gasteiger partial charge in [0.1, 0.15) is 5.82 Å². The van der Waals surface area contributed by atoms with Crippen LogP contribution in [0.1, 0.15) is 58.8 Å². The maximum absolute atomic E-state index is 13.0. The van der Waals surface area contributed by atoms with Gasteiger partial charge in [0.2, 0.25) is 17.6 Å². The van der Waals surface area contributed by atoms with Crippen molar-refractivity contribution in [2.75, 3.05) is 0 Å². The van der Waals surface area contributed by atoms with Crippen molar-refractivity contribution >= 4 is 5.91 Å². The number of fused-ring (bicyclic) bond motifs is 2. The molecule has 1 amide bonds. The summed E-state index contributed by atoms with van der Waals surface area (Å²) < 4.78 is 18.3. The minimum absolute atomic E-state index is 0.104. The van der Waals surface area contributed by atoms with E-state index >= 15 is 0 Å². The van der Waals surface area contributed by atoms with Crippen molar-refractivity contribution in [2.45, 2.75) is 65.3 Å². The van der Waals surface area contributed by atoms with Crippen molar-refractivity contribution in [2.24, 2.45) is 16.7 Å². The van der Waals surface area contributed by atoms with Crippen LogP contribution in [0.3, 0.4) is 0 Å². The Bertz CT molecular complexity index is 861. The molecule has 1 aromatic heterocycles. The summed E-state index contributed by atoms with van der Waals surface area (Å²) in [5, 5.41) is 7.23. The normalized spacial score (nSPS) is 27.9. The number of benzene rings is 1. The van der Waals surface area contributed by atoms with Crippen molar-refractivity contribution in [3.05, 3.63) is 36.0 Å². The Morgan fingerprint density at radius 2 is 2.04 bits per heavy atom. The molecule has 150 valence electrons. The first-order chi connectivity index (χ1) is 13.3. The van der Waals surface area contributed by atoms with Crippen LogP contribution in [0.5, 0.6) is 0 Å². The van der Waals surface area contributed by atoms with E-state index < -0.39 is 0 Å². The van der Waals surface area contributed by atoms with Crippen LogP contribution in [0, 0.1) is 22.6 Å². The number of carbonyl (C=O) groups is 1. The Hall–Kier alpha value is -2.24. The molecule has 2 fully saturated rings. The predicted molar refractivity (Wildman–Crippen MR) is 104 cm³/mol. The van der Waals surface area contributed by atoms with E-state index in [1.54, 1.807) is 12.1 Å². The molecular weight excluding hydrogens is 357 g/mol. The Kier molecular flexibility index (Phi) is 4.76. The molecule has 5 nitrogen and oxygen atoms in total. The largest absolute Gasteiger partial charge is 0.353 e. The second-order valence-electron chi connectivity index (χ2n) is 9.10. The van der Waals surface area contributed by atoms with Crippen LogP contribution in [0.15, 0.2) is 28.8 Å². The molecule has 2 bridgehead atoms. The zero-order chi connectivity index (χ0) is 19.9. The van der Waals surface area contributed by atoms with Gasteiger partial charge in [-0.15, -0.1) is 0 Å². The van der Waals surface area contributed by atoms with E-state index in [2.05, 4.69) is 36.2 Å². The van der Waals surface area contributed by atoms with E-state index in [0.29, 0.717) is 47.9 Å². The third kappa shape index (κ3) is 3.23. The molecule has 0 spiro atoms. The topological polar surface area (TPSA) is 68.0 Å². The number of carbonyl (C=O) groups excluding carboxylic acids is 1. The fourth-order valence-electron chi connectivity index (χ4n) is 5.16. The second kappa shape index (κ2) is 6.98. The molecule has 4 rings (SSSR count). The Labute approximate surface area is 165 Å². The Morgan fingerprint density at radius 1 is 1.29 bits per heavy atom. The molecule has 0 saturated heterocycles. The van der Waals surface area contributed by atoms with Crippen LogP contribution < -0.4 is 5.32 Å². The maximum atomic E-state index is 13.0. The highest BCUT2D eigenvalue weighted by Gasteiger charge is 2.61. The summed E-state index contributed by atoms with van der Waals surface area (Å²) in [4.78, 5) is 16.8. The van der Waals surface area contributed by atoms with Crippen LogP contribution in [0.2, 0.25) is 0 Å². The lowest BCUT2D eigenvalue weighted by molar-refractivity contribution is -0.122. The predicted octanol–water partition coefficient (Wildman–Crippen LogP) is 4.53. The van der Waals surface area contributed by atoms with Gasteiger partial charge < -0.3 is 9.84 Å². The molecule has 3 unspecified atom stereocenters. The highest BCUT2D eigenvalue weighted by molar-refractivity contribution is 5.76. The third-order valence-corrected chi connectivity index (χ3v) is 7.49. The van der Waals surface area contributed by atoms with Crippen LogP contribution in [0.4, 0.5) is 4.39 Å². The number of halogens is 1. The molecular formula is C22H28FN3O2. The van der Waals surface area contributed by atoms with Gasteiger partial charge in [0.15, 0.2) is 0 Å². The monoisotopic (exact) mass is 385 g/mol. The van der Waals surface area contributed by atoms with Crippen LogP contribution >= 0.6 is 0 Å². The summed E-state index contributed by atoms with van der Waals surface area (Å²) in [6, 6.07) is 6.26. The molecule has 28 heavy (non-hydrogen) atoms. The first-order valence-electron chi connectivity index (χ1n) is 10.2. The second-order valence-corrected chi connectivity index (χ2v) is 9.10. The molecule has 2 aliphatic rings. The standard InChI is InChI=1S/C22H28FN3O2/c1-21(2)15-11-12-22(21,3)17(13-15)24-18(27)5-4-6-19-25-20(26-28-19)14-7-9-16(23)10-8-14/h7-10,15,17H,4-6,11-13H2,1-3H3,(H,24,27). The lowest BCUT2D eigenvalue weighted by atomic mass is 9.69. The van der Waals surface area contributed by atoms with E-state index in [0.717, 1.165) is 6.42 Å². The average Bonchev–Trinajstić information content (AvgIpc) is 3.25. The lowest BCUT2D eigenvalue weighted by Crippen LogP contribution is -2.46. The van der Waals surface area contributed by atoms with E-state index in [1.165, 1.54) is 25.0 Å². The van der Waals surface area contributed by atoms with Crippen molar-refractivity contribution in [1.82, 2.24) is 15.5 Å². The SMILES string of the molecule is CC1(C)C2CCC1(C)C(NC(=O)CCCc1nc(-c3ccc(F)cc3)no1)C2. The lowest BCUT2D eigenvalue weighted by Gasteiger charge is -2.39. The van der Waals surface area contributed by atoms with Gasteiger partial charge in [0, 0.05) is 24.4 Å². The molecule has 2 saturated carbocycles. The zero-order valence-electron chi connectivity index (χ0n) is 16.8. The minimum Gasteiger partial charge on any atom is -0.353 e. The fourth-order valence-corrected chi connectivity index (χ4v) is 5.16. The van der Waals surface area contributed by atoms with Crippen LogP contribution in [-0.2, 0) is 11.2 Å². The van der Waals surface area contributed by atoms with Gasteiger partial charge in [-0.2, -0.15) is 4.98 Å². The smallest absolute Gasteiger partial charge is 0.226 e. The van der Waals surface area contributed by atoms with Gasteiger partial charge >= 0.3 is 0 Å². The molecule has 3 atom stereocenters. The molecule has 1 N–H and O–H groups in total. The highest BCUT2D eigenvalue weighted by Crippen LogP contribution is 2.65. The summed E-state index contributed by atoms with van der Waals surface area (Å²) in [5.74, 6) is 1.46. The van der Waals surface area contributed by atoms with Gasteiger partial charge in [0.05, 0.1) is 0 Å². The van der Waals surface area contributed by atoms with Crippen molar-refractivity contribution in [3.8, 4) is 11.4 Å². The van der Waals surface area contributed by atoms with Crippen LogP contribution in [-0.4, -0.2) is 22.1 Å². The summed E-state index contributed by atoms with van der Waals surface area (Å²) in [6.45, 7) is 7.04. The Balaban J connectivity index is 1.27. The summed E-state index contributed by atoms with van der Waals surface area (Å²) in [7, 11) is 0. The van der Waals surface area contributed by atoms with Gasteiger partial charge in [-0.1, -0.05) is 25.9 Å². The van der Waals surface area contributed by atoms with Gasteiger partial charge in [-0.25, -0.2) is 4.39 Å². The van der Waals surface area contributed by atoms with E-state index in [4.69, 9.17) is 4.52 Å². The molecule has 0 radical (unpaired) electrons. The Morgan fingerprint density at radius 3 is 2.68 bits per heavy atom. The maximum Gasteiger partial charge on any atom is 0.226 e. The average molecular weight is 385 g/mol. The summed E-state index contributed by atoms with van der Waals surface area (Å²) in [6.07, 6.45) is 5.24. The minimum atomic E-state index is -0.300. The number of nitrogens with zero attached hydrogens (tertiary/aromatic N) is 2. The molecule has 1 aromatic carbocycles. The first-order valence-corrected chi connectivity index (χ1v) is 10.2. The highest BCUT2D eigenvalue weighted by atomic mass is 19.1. The van der Waals surface area contributed by atoms with E-state index in [1.807, 2.05) is 0 Å². The molecule has 0 aliphatic heterocycles. The number of hydrogen-bond acceptors (Lipinski definition) is 4. The zero-order valence-corrected chi connectivity index (χ0v) is 16.8. The number of amides is 1. The van der Waals surface area contributed by atoms with Gasteiger partial charge in [-0.3, -0.25) is 4.79 Å². The quantitative estimate of drug-likeness (QED) is 0.793. The first kappa shape index (κ1) is 19.1. The molecule has 1 heterocycles. The van der Waals surface area contributed by atoms with Gasteiger partial charge in [-0.05, 0) is 66.7 Å². The fraction of sp³-hybridized carbons (Fsp3) is 0.591. The summed E-state index contributed by atoms with van der Waals surface area (Å²) in [5.41, 5.74) is 1.20.